The number of amides is 1. The molecule has 0 radical (unpaired) electrons. The molecule has 1 N–H and O–H groups in total. The maximum Gasteiger partial charge on any atom is 0.412 e. The molecular weight excluding hydrogens is 178 g/mol. The lowest BCUT2D eigenvalue weighted by Gasteiger charge is -2.10. The first-order valence-electron chi connectivity index (χ1n) is 5.77. The summed E-state index contributed by atoms with van der Waals surface area (Å²) in [6, 6.07) is 3.66. The van der Waals surface area contributed by atoms with Crippen LogP contribution in [0.3, 0.4) is 0 Å². The summed E-state index contributed by atoms with van der Waals surface area (Å²) in [6.45, 7) is 3.05. The van der Waals surface area contributed by atoms with Gasteiger partial charge in [0.1, 0.15) is 5.75 Å². The number of aryl methyl sites for hydroxylation is 2. The highest BCUT2D eigenvalue weighted by Crippen LogP contribution is 2.23. The van der Waals surface area contributed by atoms with E-state index < -0.39 is 13.1 Å². The fourth-order valence-corrected chi connectivity index (χ4v) is 1.23. The van der Waals surface area contributed by atoms with Gasteiger partial charge in [-0.1, -0.05) is 6.07 Å². The highest BCUT2D eigenvalue weighted by molar-refractivity contribution is 5.70. The smallest absolute Gasteiger partial charge is 0.410 e. The van der Waals surface area contributed by atoms with Crippen molar-refractivity contribution in [1.29, 1.82) is 0 Å². The molecule has 0 aromatic heterocycles. The quantitative estimate of drug-likeness (QED) is 0.748. The molecule has 14 heavy (non-hydrogen) atoms. The maximum atomic E-state index is 11.3. The van der Waals surface area contributed by atoms with Crippen molar-refractivity contribution in [2.45, 2.75) is 20.8 Å². The number of carbonyl (C=O) groups excluding carboxylic acids is 1. The van der Waals surface area contributed by atoms with E-state index in [1.807, 2.05) is 26.8 Å². The van der Waals surface area contributed by atoms with E-state index in [0.29, 0.717) is 5.75 Å². The molecule has 0 bridgehead atoms. The Labute approximate surface area is 88.3 Å². The Balaban J connectivity index is 2.85. The van der Waals surface area contributed by atoms with Crippen LogP contribution >= 0.6 is 0 Å². The molecule has 1 aromatic rings. The monoisotopic (exact) mass is 196 g/mol. The van der Waals surface area contributed by atoms with E-state index in [1.165, 1.54) is 0 Å². The molecule has 0 heterocycles. The van der Waals surface area contributed by atoms with E-state index in [1.54, 1.807) is 11.4 Å². The molecule has 1 rings (SSSR count). The molecule has 0 aliphatic carbocycles. The normalized spacial score (nSPS) is 13.8. The minimum Gasteiger partial charge on any atom is -0.410 e. The molecule has 0 saturated carbocycles. The Morgan fingerprint density at radius 2 is 2.14 bits per heavy atom. The van der Waals surface area contributed by atoms with Gasteiger partial charge in [-0.05, 0) is 43.5 Å². The first-order valence-corrected chi connectivity index (χ1v) is 4.27. The van der Waals surface area contributed by atoms with Crippen molar-refractivity contribution in [3.63, 3.8) is 0 Å². The fraction of sp³-hybridized carbons (Fsp3) is 0.364. The number of ether oxygens (including phenoxy) is 1. The summed E-state index contributed by atoms with van der Waals surface area (Å²) < 4.78 is 25.6. The van der Waals surface area contributed by atoms with Crippen LogP contribution in [0.25, 0.3) is 0 Å². The molecule has 0 aliphatic heterocycles. The fourth-order valence-electron chi connectivity index (χ4n) is 1.23. The lowest BCUT2D eigenvalue weighted by molar-refractivity contribution is 0.202. The van der Waals surface area contributed by atoms with Gasteiger partial charge >= 0.3 is 6.09 Å². The first-order chi connectivity index (χ1) is 7.69. The molecule has 0 saturated heterocycles. The molecule has 0 fully saturated rings. The topological polar surface area (TPSA) is 38.3 Å². The van der Waals surface area contributed by atoms with Crippen LogP contribution in [-0.4, -0.2) is 13.1 Å². The minimum absolute atomic E-state index is 0.379. The van der Waals surface area contributed by atoms with Crippen LogP contribution in [0.1, 0.15) is 20.8 Å². The first kappa shape index (κ1) is 6.87. The van der Waals surface area contributed by atoms with Crippen LogP contribution in [0.5, 0.6) is 5.75 Å². The van der Waals surface area contributed by atoms with Crippen LogP contribution in [0, 0.1) is 20.8 Å². The summed E-state index contributed by atoms with van der Waals surface area (Å²) >= 11 is 0. The van der Waals surface area contributed by atoms with E-state index in [0.717, 1.165) is 16.7 Å². The Morgan fingerprint density at radius 3 is 2.79 bits per heavy atom. The number of hydrogen-bond acceptors (Lipinski definition) is 2. The van der Waals surface area contributed by atoms with Crippen molar-refractivity contribution < 1.29 is 13.6 Å². The van der Waals surface area contributed by atoms with Gasteiger partial charge in [0.05, 0.1) is 0 Å². The molecule has 0 unspecified atom stereocenters. The van der Waals surface area contributed by atoms with Gasteiger partial charge in [0, 0.05) is 11.1 Å². The number of rotatable bonds is 1. The summed E-state index contributed by atoms with van der Waals surface area (Å²) in [7, 11) is 0. The molecule has 3 heteroatoms. The van der Waals surface area contributed by atoms with E-state index in [9.17, 15) is 4.79 Å². The second-order valence-corrected chi connectivity index (χ2v) is 3.22. The SMILES string of the molecule is [2H]C([2H])([2H])NC(=O)Oc1cc(C)cc(C)c1C. The van der Waals surface area contributed by atoms with Crippen LogP contribution < -0.4 is 10.1 Å². The highest BCUT2D eigenvalue weighted by Gasteiger charge is 2.07. The van der Waals surface area contributed by atoms with Crippen LogP contribution in [0.4, 0.5) is 4.79 Å². The molecule has 0 atom stereocenters. The predicted octanol–water partition coefficient (Wildman–Crippen LogP) is 2.33. The average Bonchev–Trinajstić information content (AvgIpc) is 2.10. The summed E-state index contributed by atoms with van der Waals surface area (Å²) in [6.07, 6.45) is -0.974. The van der Waals surface area contributed by atoms with Gasteiger partial charge in [0.15, 0.2) is 0 Å². The maximum absolute atomic E-state index is 11.3. The number of hydrogen-bond donors (Lipinski definition) is 1. The van der Waals surface area contributed by atoms with E-state index in [-0.39, 0.29) is 0 Å². The standard InChI is InChI=1S/C11H15NO2/c1-7-5-8(2)9(3)10(6-7)14-11(13)12-4/h5-6H,1-4H3,(H,12,13)/i4D3. The van der Waals surface area contributed by atoms with Gasteiger partial charge in [0.2, 0.25) is 0 Å². The third kappa shape index (κ3) is 2.25. The van der Waals surface area contributed by atoms with Gasteiger partial charge in [-0.2, -0.15) is 0 Å². The molecule has 3 nitrogen and oxygen atoms in total. The van der Waals surface area contributed by atoms with Crippen molar-refractivity contribution in [3.8, 4) is 5.75 Å². The van der Waals surface area contributed by atoms with Gasteiger partial charge in [-0.25, -0.2) is 4.79 Å². The Kier molecular flexibility index (Phi) is 2.03. The zero-order valence-electron chi connectivity index (χ0n) is 11.5. The van der Waals surface area contributed by atoms with Gasteiger partial charge in [0.25, 0.3) is 0 Å². The van der Waals surface area contributed by atoms with Crippen LogP contribution in [0.2, 0.25) is 0 Å². The molecule has 0 aliphatic rings. The third-order valence-electron chi connectivity index (χ3n) is 2.07. The molecule has 1 aromatic carbocycles. The van der Waals surface area contributed by atoms with Crippen molar-refractivity contribution >= 4 is 6.09 Å². The Morgan fingerprint density at radius 1 is 1.43 bits per heavy atom. The van der Waals surface area contributed by atoms with Crippen molar-refractivity contribution in [2.75, 3.05) is 6.98 Å². The largest absolute Gasteiger partial charge is 0.412 e. The lowest BCUT2D eigenvalue weighted by atomic mass is 10.1. The summed E-state index contributed by atoms with van der Waals surface area (Å²) in [5.41, 5.74) is 2.75. The summed E-state index contributed by atoms with van der Waals surface area (Å²) in [5.74, 6) is 0.379. The second-order valence-electron chi connectivity index (χ2n) is 3.22. The van der Waals surface area contributed by atoms with Crippen LogP contribution in [-0.2, 0) is 0 Å². The summed E-state index contributed by atoms with van der Waals surface area (Å²) in [5, 5.41) is 1.77. The van der Waals surface area contributed by atoms with Gasteiger partial charge < -0.3 is 10.1 Å². The van der Waals surface area contributed by atoms with Crippen molar-refractivity contribution in [2.24, 2.45) is 0 Å². The van der Waals surface area contributed by atoms with Gasteiger partial charge in [-0.3, -0.25) is 0 Å². The molecular formula is C11H15NO2. The van der Waals surface area contributed by atoms with E-state index >= 15 is 0 Å². The molecule has 76 valence electrons. The van der Waals surface area contributed by atoms with Crippen LogP contribution in [0.15, 0.2) is 12.1 Å². The summed E-state index contributed by atoms with van der Waals surface area (Å²) in [4.78, 5) is 11.3. The number of carbonyl (C=O) groups is 1. The van der Waals surface area contributed by atoms with Gasteiger partial charge in [-0.15, -0.1) is 0 Å². The predicted molar refractivity (Wildman–Crippen MR) is 55.7 cm³/mol. The molecule has 1 amide bonds. The minimum atomic E-state index is -2.54. The highest BCUT2D eigenvalue weighted by atomic mass is 16.6. The van der Waals surface area contributed by atoms with Crippen molar-refractivity contribution in [3.05, 3.63) is 28.8 Å². The van der Waals surface area contributed by atoms with Crippen molar-refractivity contribution in [1.82, 2.24) is 5.32 Å². The Hall–Kier alpha value is -1.51. The third-order valence-corrected chi connectivity index (χ3v) is 2.07. The number of nitrogens with one attached hydrogen (secondary N) is 1. The second kappa shape index (κ2) is 4.13. The average molecular weight is 196 g/mol. The number of benzene rings is 1. The van der Waals surface area contributed by atoms with E-state index in [2.05, 4.69) is 0 Å². The lowest BCUT2D eigenvalue weighted by Crippen LogP contribution is -2.22. The zero-order valence-corrected chi connectivity index (χ0v) is 8.47. The molecule has 0 spiro atoms. The van der Waals surface area contributed by atoms with E-state index in [4.69, 9.17) is 8.85 Å². The Bertz CT molecular complexity index is 441. The zero-order chi connectivity index (χ0) is 13.2.